The van der Waals surface area contributed by atoms with Gasteiger partial charge in [0, 0.05) is 29.6 Å². The minimum atomic E-state index is -0.726. The summed E-state index contributed by atoms with van der Waals surface area (Å²) in [5.41, 5.74) is 6.75. The van der Waals surface area contributed by atoms with E-state index in [0.717, 1.165) is 18.2 Å². The van der Waals surface area contributed by atoms with Crippen LogP contribution in [0.1, 0.15) is 6.42 Å². The van der Waals surface area contributed by atoms with Crippen LogP contribution in [-0.4, -0.2) is 12.5 Å². The summed E-state index contributed by atoms with van der Waals surface area (Å²) in [6, 6.07) is 9.55. The van der Waals surface area contributed by atoms with Crippen LogP contribution in [0, 0.1) is 11.6 Å². The minimum Gasteiger partial charge on any atom is -0.493 e. The number of nitrogens with one attached hydrogen (secondary N) is 1. The Kier molecular flexibility index (Phi) is 4.71. The summed E-state index contributed by atoms with van der Waals surface area (Å²) in [7, 11) is 0. The fourth-order valence-electron chi connectivity index (χ4n) is 1.66. The highest BCUT2D eigenvalue weighted by molar-refractivity contribution is 5.90. The predicted molar refractivity (Wildman–Crippen MR) is 76.0 cm³/mol. The average molecular weight is 292 g/mol. The molecule has 1 amide bonds. The Morgan fingerprint density at radius 3 is 2.33 bits per heavy atom. The highest BCUT2D eigenvalue weighted by Gasteiger charge is 2.05. The van der Waals surface area contributed by atoms with E-state index in [1.807, 2.05) is 0 Å². The summed E-state index contributed by atoms with van der Waals surface area (Å²) in [5.74, 6) is -1.67. The first-order valence-corrected chi connectivity index (χ1v) is 6.27. The molecule has 0 fully saturated rings. The molecular weight excluding hydrogens is 278 g/mol. The van der Waals surface area contributed by atoms with Crippen molar-refractivity contribution in [3.05, 3.63) is 54.1 Å². The van der Waals surface area contributed by atoms with Crippen molar-refractivity contribution in [2.75, 3.05) is 17.7 Å². The van der Waals surface area contributed by atoms with Crippen LogP contribution in [0.25, 0.3) is 0 Å². The molecule has 110 valence electrons. The number of amides is 1. The molecule has 6 heteroatoms. The van der Waals surface area contributed by atoms with Gasteiger partial charge in [-0.3, -0.25) is 4.79 Å². The predicted octanol–water partition coefficient (Wildman–Crippen LogP) is 2.95. The lowest BCUT2D eigenvalue weighted by Crippen LogP contribution is -2.15. The van der Waals surface area contributed by atoms with Gasteiger partial charge in [-0.05, 0) is 24.3 Å². The second-order valence-electron chi connectivity index (χ2n) is 4.37. The quantitative estimate of drug-likeness (QED) is 0.833. The van der Waals surface area contributed by atoms with Crippen molar-refractivity contribution in [3.63, 3.8) is 0 Å². The van der Waals surface area contributed by atoms with E-state index in [4.69, 9.17) is 10.5 Å². The highest BCUT2D eigenvalue weighted by atomic mass is 19.1. The van der Waals surface area contributed by atoms with Crippen LogP contribution in [0.2, 0.25) is 0 Å². The second-order valence-corrected chi connectivity index (χ2v) is 4.37. The molecule has 0 heterocycles. The van der Waals surface area contributed by atoms with E-state index in [1.54, 1.807) is 24.3 Å². The summed E-state index contributed by atoms with van der Waals surface area (Å²) in [4.78, 5) is 11.7. The average Bonchev–Trinajstić information content (AvgIpc) is 2.40. The molecule has 0 saturated heterocycles. The largest absolute Gasteiger partial charge is 0.493 e. The van der Waals surface area contributed by atoms with E-state index < -0.39 is 11.6 Å². The third kappa shape index (κ3) is 4.76. The van der Waals surface area contributed by atoms with Crippen molar-refractivity contribution in [2.45, 2.75) is 6.42 Å². The van der Waals surface area contributed by atoms with Crippen molar-refractivity contribution in [2.24, 2.45) is 0 Å². The van der Waals surface area contributed by atoms with Gasteiger partial charge in [-0.1, -0.05) is 0 Å². The van der Waals surface area contributed by atoms with E-state index in [-0.39, 0.29) is 24.7 Å². The molecule has 0 atom stereocenters. The van der Waals surface area contributed by atoms with Crippen molar-refractivity contribution in [1.82, 2.24) is 0 Å². The molecule has 21 heavy (non-hydrogen) atoms. The maximum atomic E-state index is 12.9. The van der Waals surface area contributed by atoms with Crippen LogP contribution in [-0.2, 0) is 4.79 Å². The van der Waals surface area contributed by atoms with Gasteiger partial charge in [-0.2, -0.15) is 0 Å². The maximum absolute atomic E-state index is 12.9. The Labute approximate surface area is 120 Å². The molecule has 4 nitrogen and oxygen atoms in total. The van der Waals surface area contributed by atoms with Gasteiger partial charge in [-0.25, -0.2) is 8.78 Å². The van der Waals surface area contributed by atoms with E-state index in [0.29, 0.717) is 11.4 Å². The van der Waals surface area contributed by atoms with Crippen molar-refractivity contribution < 1.29 is 18.3 Å². The van der Waals surface area contributed by atoms with Gasteiger partial charge in [0.25, 0.3) is 0 Å². The number of hydrogen-bond donors (Lipinski definition) is 2. The molecule has 0 unspecified atom stereocenters. The van der Waals surface area contributed by atoms with Gasteiger partial charge >= 0.3 is 0 Å². The molecule has 0 saturated carbocycles. The van der Waals surface area contributed by atoms with Crippen molar-refractivity contribution >= 4 is 17.3 Å². The molecule has 0 spiro atoms. The lowest BCUT2D eigenvalue weighted by atomic mass is 10.3. The molecular formula is C15H14F2N2O2. The first kappa shape index (κ1) is 14.8. The number of halogens is 2. The third-order valence-corrected chi connectivity index (χ3v) is 2.63. The Balaban J connectivity index is 1.80. The van der Waals surface area contributed by atoms with Gasteiger partial charge in [0.1, 0.15) is 17.4 Å². The van der Waals surface area contributed by atoms with E-state index in [9.17, 15) is 13.6 Å². The Morgan fingerprint density at radius 2 is 1.71 bits per heavy atom. The zero-order valence-electron chi connectivity index (χ0n) is 11.1. The molecule has 2 aromatic carbocycles. The molecule has 0 aliphatic rings. The lowest BCUT2D eigenvalue weighted by molar-refractivity contribution is -0.116. The number of benzene rings is 2. The summed E-state index contributed by atoms with van der Waals surface area (Å²) in [5, 5.41) is 2.66. The first-order chi connectivity index (χ1) is 10.0. The fraction of sp³-hybridized carbons (Fsp3) is 0.133. The molecule has 0 aromatic heterocycles. The summed E-state index contributed by atoms with van der Waals surface area (Å²) >= 11 is 0. The number of hydrogen-bond acceptors (Lipinski definition) is 3. The third-order valence-electron chi connectivity index (χ3n) is 2.63. The monoisotopic (exact) mass is 292 g/mol. The van der Waals surface area contributed by atoms with Crippen LogP contribution in [0.3, 0.4) is 0 Å². The summed E-state index contributed by atoms with van der Waals surface area (Å²) < 4.78 is 31.0. The van der Waals surface area contributed by atoms with Gasteiger partial charge in [-0.15, -0.1) is 0 Å². The maximum Gasteiger partial charge on any atom is 0.227 e. The molecule has 0 aliphatic carbocycles. The lowest BCUT2D eigenvalue weighted by Gasteiger charge is -2.08. The highest BCUT2D eigenvalue weighted by Crippen LogP contribution is 2.15. The van der Waals surface area contributed by atoms with Gasteiger partial charge < -0.3 is 15.8 Å². The number of carbonyl (C=O) groups excluding carboxylic acids is 1. The van der Waals surface area contributed by atoms with Gasteiger partial charge in [0.2, 0.25) is 5.91 Å². The van der Waals surface area contributed by atoms with Crippen LogP contribution in [0.5, 0.6) is 5.75 Å². The molecule has 0 bridgehead atoms. The van der Waals surface area contributed by atoms with Crippen molar-refractivity contribution in [1.29, 1.82) is 0 Å². The minimum absolute atomic E-state index is 0.0176. The topological polar surface area (TPSA) is 64.3 Å². The van der Waals surface area contributed by atoms with Crippen LogP contribution in [0.4, 0.5) is 20.2 Å². The Morgan fingerprint density at radius 1 is 1.10 bits per heavy atom. The van der Waals surface area contributed by atoms with Crippen LogP contribution in [0.15, 0.2) is 42.5 Å². The van der Waals surface area contributed by atoms with Crippen molar-refractivity contribution in [3.8, 4) is 5.75 Å². The van der Waals surface area contributed by atoms with Gasteiger partial charge in [0.15, 0.2) is 0 Å². The molecule has 2 aromatic rings. The summed E-state index contributed by atoms with van der Waals surface area (Å²) in [6.07, 6.45) is 0.0580. The standard InChI is InChI=1S/C15H14F2N2O2/c16-10-7-11(17)9-14(8-10)21-6-5-15(20)19-13-3-1-12(18)2-4-13/h1-4,7-9H,5-6,18H2,(H,19,20). The smallest absolute Gasteiger partial charge is 0.227 e. The summed E-state index contributed by atoms with van der Waals surface area (Å²) in [6.45, 7) is 0.0176. The van der Waals surface area contributed by atoms with Crippen LogP contribution >= 0.6 is 0 Å². The van der Waals surface area contributed by atoms with E-state index in [2.05, 4.69) is 5.32 Å². The Bertz CT molecular complexity index is 610. The Hall–Kier alpha value is -2.63. The number of carbonyl (C=O) groups is 1. The van der Waals surface area contributed by atoms with E-state index in [1.165, 1.54) is 0 Å². The van der Waals surface area contributed by atoms with Gasteiger partial charge in [0.05, 0.1) is 13.0 Å². The number of anilines is 2. The SMILES string of the molecule is Nc1ccc(NC(=O)CCOc2cc(F)cc(F)c2)cc1. The zero-order valence-corrected chi connectivity index (χ0v) is 11.1. The molecule has 2 rings (SSSR count). The molecule has 3 N–H and O–H groups in total. The van der Waals surface area contributed by atoms with E-state index >= 15 is 0 Å². The fourth-order valence-corrected chi connectivity index (χ4v) is 1.66. The molecule has 0 radical (unpaired) electrons. The number of nitrogen functional groups attached to an aromatic ring is 1. The zero-order chi connectivity index (χ0) is 15.2. The second kappa shape index (κ2) is 6.69. The molecule has 0 aliphatic heterocycles. The number of rotatable bonds is 5. The first-order valence-electron chi connectivity index (χ1n) is 6.27. The normalized spacial score (nSPS) is 10.2. The number of ether oxygens (including phenoxy) is 1. The number of nitrogens with two attached hydrogens (primary N) is 1. The van der Waals surface area contributed by atoms with Crippen LogP contribution < -0.4 is 15.8 Å².